The highest BCUT2D eigenvalue weighted by molar-refractivity contribution is 6.31. The van der Waals surface area contributed by atoms with E-state index in [4.69, 9.17) is 16.3 Å². The predicted molar refractivity (Wildman–Crippen MR) is 74.9 cm³/mol. The van der Waals surface area contributed by atoms with Crippen LogP contribution in [0.5, 0.6) is 0 Å². The van der Waals surface area contributed by atoms with Crippen LogP contribution in [0, 0.1) is 10.1 Å². The Morgan fingerprint density at radius 2 is 2.10 bits per heavy atom. The molecule has 0 aromatic carbocycles. The van der Waals surface area contributed by atoms with E-state index in [1.165, 1.54) is 13.5 Å². The summed E-state index contributed by atoms with van der Waals surface area (Å²) in [6.45, 7) is 0.164. The van der Waals surface area contributed by atoms with Crippen LogP contribution in [0.15, 0.2) is 0 Å². The number of nitrogens with one attached hydrogen (secondary N) is 1. The second-order valence-corrected chi connectivity index (χ2v) is 5.16. The Bertz CT molecular complexity index is 492. The molecule has 2 rings (SSSR count). The van der Waals surface area contributed by atoms with Crippen LogP contribution < -0.4 is 5.32 Å². The molecule has 1 aromatic heterocycles. The van der Waals surface area contributed by atoms with Crippen LogP contribution in [0.4, 0.5) is 11.5 Å². The van der Waals surface area contributed by atoms with E-state index in [2.05, 4.69) is 15.3 Å². The van der Waals surface area contributed by atoms with E-state index < -0.39 is 4.92 Å². The zero-order valence-electron chi connectivity index (χ0n) is 11.3. The van der Waals surface area contributed by atoms with E-state index in [-0.39, 0.29) is 29.3 Å². The summed E-state index contributed by atoms with van der Waals surface area (Å²) >= 11 is 5.89. The lowest BCUT2D eigenvalue weighted by Crippen LogP contribution is -2.24. The maximum atomic E-state index is 11.1. The van der Waals surface area contributed by atoms with E-state index in [9.17, 15) is 10.1 Å². The Kier molecular flexibility index (Phi) is 5.08. The molecule has 0 amide bonds. The molecule has 0 atom stereocenters. The molecule has 8 heteroatoms. The zero-order valence-corrected chi connectivity index (χ0v) is 12.0. The summed E-state index contributed by atoms with van der Waals surface area (Å²) < 4.78 is 4.95. The van der Waals surface area contributed by atoms with Gasteiger partial charge >= 0.3 is 5.69 Å². The summed E-state index contributed by atoms with van der Waals surface area (Å²) in [5, 5.41) is 14.1. The smallest absolute Gasteiger partial charge is 0.348 e. The van der Waals surface area contributed by atoms with Crippen molar-refractivity contribution >= 4 is 23.1 Å². The minimum Gasteiger partial charge on any atom is -0.377 e. The number of ether oxygens (including phenoxy) is 1. The first kappa shape index (κ1) is 14.9. The maximum absolute atomic E-state index is 11.1. The average molecular weight is 301 g/mol. The number of hydrogen-bond acceptors (Lipinski definition) is 6. The first-order valence-electron chi connectivity index (χ1n) is 6.58. The van der Waals surface area contributed by atoms with Gasteiger partial charge in [-0.25, -0.2) is 9.97 Å². The molecule has 1 aliphatic carbocycles. The van der Waals surface area contributed by atoms with Crippen molar-refractivity contribution in [1.29, 1.82) is 0 Å². The molecule has 1 saturated carbocycles. The first-order chi connectivity index (χ1) is 9.61. The van der Waals surface area contributed by atoms with E-state index in [1.54, 1.807) is 0 Å². The summed E-state index contributed by atoms with van der Waals surface area (Å²) in [5.41, 5.74) is -0.267. The Labute approximate surface area is 121 Å². The topological polar surface area (TPSA) is 90.2 Å². The van der Waals surface area contributed by atoms with Gasteiger partial charge in [0.25, 0.3) is 0 Å². The summed E-state index contributed by atoms with van der Waals surface area (Å²) in [7, 11) is 1.51. The maximum Gasteiger partial charge on any atom is 0.348 e. The number of nitro groups is 1. The number of aromatic nitrogens is 2. The molecule has 1 aliphatic rings. The lowest BCUT2D eigenvalue weighted by molar-refractivity contribution is -0.384. The van der Waals surface area contributed by atoms with Gasteiger partial charge in [0.1, 0.15) is 6.61 Å². The molecule has 0 radical (unpaired) electrons. The second-order valence-electron chi connectivity index (χ2n) is 4.80. The van der Waals surface area contributed by atoms with E-state index in [0.29, 0.717) is 5.82 Å². The van der Waals surface area contributed by atoms with Crippen LogP contribution in [-0.2, 0) is 11.3 Å². The highest BCUT2D eigenvalue weighted by atomic mass is 35.5. The second kappa shape index (κ2) is 6.81. The van der Waals surface area contributed by atoms with Crippen LogP contribution in [0.3, 0.4) is 0 Å². The quantitative estimate of drug-likeness (QED) is 0.511. The summed E-state index contributed by atoms with van der Waals surface area (Å²) in [6.07, 6.45) is 5.42. The third kappa shape index (κ3) is 3.55. The van der Waals surface area contributed by atoms with E-state index >= 15 is 0 Å². The Morgan fingerprint density at radius 3 is 2.70 bits per heavy atom. The molecule has 110 valence electrons. The summed E-state index contributed by atoms with van der Waals surface area (Å²) in [6, 6.07) is 0.198. The van der Waals surface area contributed by atoms with Gasteiger partial charge in [-0.05, 0) is 12.8 Å². The van der Waals surface area contributed by atoms with Crippen molar-refractivity contribution < 1.29 is 9.66 Å². The standard InChI is InChI=1S/C12H17ClN4O3/c1-20-7-9-15-11(13)10(17(18)19)12(16-9)14-8-5-3-2-4-6-8/h8H,2-7H2,1H3,(H,14,15,16). The molecule has 1 N–H and O–H groups in total. The first-order valence-corrected chi connectivity index (χ1v) is 6.96. The average Bonchev–Trinajstić information content (AvgIpc) is 2.39. The molecule has 0 spiro atoms. The molecule has 7 nitrogen and oxygen atoms in total. The van der Waals surface area contributed by atoms with Crippen molar-refractivity contribution in [1.82, 2.24) is 9.97 Å². The summed E-state index contributed by atoms with van der Waals surface area (Å²) in [4.78, 5) is 18.6. The Morgan fingerprint density at radius 1 is 1.40 bits per heavy atom. The third-order valence-electron chi connectivity index (χ3n) is 3.29. The molecule has 1 heterocycles. The predicted octanol–water partition coefficient (Wildman–Crippen LogP) is 2.93. The SMILES string of the molecule is COCc1nc(Cl)c([N+](=O)[O-])c(NC2CCCCC2)n1. The molecular formula is C12H17ClN4O3. The van der Waals surface area contributed by atoms with Gasteiger partial charge in [0, 0.05) is 13.2 Å². The number of rotatable bonds is 5. The largest absolute Gasteiger partial charge is 0.377 e. The molecule has 0 saturated heterocycles. The highest BCUT2D eigenvalue weighted by Gasteiger charge is 2.26. The van der Waals surface area contributed by atoms with Gasteiger partial charge in [-0.15, -0.1) is 0 Å². The zero-order chi connectivity index (χ0) is 14.5. The monoisotopic (exact) mass is 300 g/mol. The van der Waals surface area contributed by atoms with Gasteiger partial charge in [-0.3, -0.25) is 10.1 Å². The van der Waals surface area contributed by atoms with Crippen molar-refractivity contribution in [2.45, 2.75) is 44.8 Å². The van der Waals surface area contributed by atoms with Crippen LogP contribution >= 0.6 is 11.6 Å². The Balaban J connectivity index is 2.28. The van der Waals surface area contributed by atoms with Gasteiger partial charge in [-0.1, -0.05) is 30.9 Å². The van der Waals surface area contributed by atoms with Gasteiger partial charge in [-0.2, -0.15) is 0 Å². The number of methoxy groups -OCH3 is 1. The molecular weight excluding hydrogens is 284 g/mol. The fourth-order valence-electron chi connectivity index (χ4n) is 2.37. The summed E-state index contributed by atoms with van der Waals surface area (Å²) in [5.74, 6) is 0.523. The molecule has 20 heavy (non-hydrogen) atoms. The van der Waals surface area contributed by atoms with Gasteiger partial charge in [0.2, 0.25) is 11.0 Å². The highest BCUT2D eigenvalue weighted by Crippen LogP contribution is 2.32. The minimum atomic E-state index is -0.552. The Hall–Kier alpha value is -1.47. The van der Waals surface area contributed by atoms with Gasteiger partial charge in [0.15, 0.2) is 5.82 Å². The van der Waals surface area contributed by atoms with E-state index in [0.717, 1.165) is 25.7 Å². The number of halogens is 1. The van der Waals surface area contributed by atoms with Crippen molar-refractivity contribution in [3.63, 3.8) is 0 Å². The van der Waals surface area contributed by atoms with Crippen LogP contribution in [-0.4, -0.2) is 28.0 Å². The molecule has 0 unspecified atom stereocenters. The van der Waals surface area contributed by atoms with Gasteiger partial charge < -0.3 is 10.1 Å². The van der Waals surface area contributed by atoms with Crippen LogP contribution in [0.1, 0.15) is 37.9 Å². The number of anilines is 1. The van der Waals surface area contributed by atoms with E-state index in [1.807, 2.05) is 0 Å². The molecule has 1 aromatic rings. The lowest BCUT2D eigenvalue weighted by atomic mass is 9.95. The van der Waals surface area contributed by atoms with Crippen molar-refractivity contribution in [2.24, 2.45) is 0 Å². The fraction of sp³-hybridized carbons (Fsp3) is 0.667. The minimum absolute atomic E-state index is 0.157. The van der Waals surface area contributed by atoms with Crippen LogP contribution in [0.2, 0.25) is 5.15 Å². The fourth-order valence-corrected chi connectivity index (χ4v) is 2.62. The van der Waals surface area contributed by atoms with Crippen LogP contribution in [0.25, 0.3) is 0 Å². The van der Waals surface area contributed by atoms with Crippen molar-refractivity contribution in [3.05, 3.63) is 21.1 Å². The molecule has 0 bridgehead atoms. The molecule has 1 fully saturated rings. The van der Waals surface area contributed by atoms with Crippen molar-refractivity contribution in [2.75, 3.05) is 12.4 Å². The number of hydrogen-bond donors (Lipinski definition) is 1. The van der Waals surface area contributed by atoms with Crippen molar-refractivity contribution in [3.8, 4) is 0 Å². The van der Waals surface area contributed by atoms with Gasteiger partial charge in [0.05, 0.1) is 4.92 Å². The number of nitrogens with zero attached hydrogens (tertiary/aromatic N) is 3. The lowest BCUT2D eigenvalue weighted by Gasteiger charge is -2.23. The third-order valence-corrected chi connectivity index (χ3v) is 3.55. The molecule has 0 aliphatic heterocycles. The normalized spacial score (nSPS) is 16.1.